The Balaban J connectivity index is 1.07. The van der Waals surface area contributed by atoms with Crippen molar-refractivity contribution in [2.45, 2.75) is 6.42 Å². The standard InChI is InChI=1S/C50H30N4O/c1-3-13-30(14-4-1)48-51-49(31-15-5-2-6-16-31)53-50(52-48)40-28-33-27-32-23-24-34(29-39(32)45(33)36-18-8-7-17-35(36)40)54-41-21-11-9-19-37(41)46-42(54)25-26-44-47(46)38-20-10-12-22-43(38)55-44/h1-26,28-29H,27H2. The van der Waals surface area contributed by atoms with Crippen LogP contribution in [0.4, 0.5) is 0 Å². The van der Waals surface area contributed by atoms with E-state index >= 15 is 0 Å². The smallest absolute Gasteiger partial charge is 0.164 e. The van der Waals surface area contributed by atoms with Gasteiger partial charge in [0, 0.05) is 43.9 Å². The minimum absolute atomic E-state index is 0.661. The molecule has 0 unspecified atom stereocenters. The van der Waals surface area contributed by atoms with E-state index in [9.17, 15) is 0 Å². The molecule has 1 aliphatic carbocycles. The molecule has 0 spiro atoms. The Morgan fingerprint density at radius 3 is 1.82 bits per heavy atom. The molecule has 11 aromatic rings. The minimum atomic E-state index is 0.661. The maximum atomic E-state index is 6.34. The third-order valence-corrected chi connectivity index (χ3v) is 11.2. The maximum absolute atomic E-state index is 6.34. The van der Waals surface area contributed by atoms with Crippen LogP contribution < -0.4 is 0 Å². The van der Waals surface area contributed by atoms with Gasteiger partial charge in [0.2, 0.25) is 0 Å². The Bertz CT molecular complexity index is 3280. The van der Waals surface area contributed by atoms with Crippen LogP contribution in [0.2, 0.25) is 0 Å². The van der Waals surface area contributed by atoms with E-state index in [0.29, 0.717) is 17.5 Å². The van der Waals surface area contributed by atoms with E-state index in [-0.39, 0.29) is 0 Å². The topological polar surface area (TPSA) is 56.7 Å². The first kappa shape index (κ1) is 30.1. The van der Waals surface area contributed by atoms with Gasteiger partial charge < -0.3 is 8.98 Å². The van der Waals surface area contributed by atoms with Crippen LogP contribution in [0.25, 0.3) is 105 Å². The molecule has 3 heterocycles. The molecule has 256 valence electrons. The Kier molecular flexibility index (Phi) is 6.33. The minimum Gasteiger partial charge on any atom is -0.456 e. The molecular formula is C50H30N4O. The molecule has 0 atom stereocenters. The second-order valence-corrected chi connectivity index (χ2v) is 14.3. The first-order valence-electron chi connectivity index (χ1n) is 18.7. The highest BCUT2D eigenvalue weighted by atomic mass is 16.3. The largest absolute Gasteiger partial charge is 0.456 e. The summed E-state index contributed by atoms with van der Waals surface area (Å²) in [5.74, 6) is 1.99. The Hall–Kier alpha value is -7.37. The lowest BCUT2D eigenvalue weighted by Crippen LogP contribution is -2.01. The van der Waals surface area contributed by atoms with Crippen LogP contribution in [0, 0.1) is 0 Å². The zero-order chi connectivity index (χ0) is 36.0. The molecule has 3 aromatic heterocycles. The second kappa shape index (κ2) is 11.6. The van der Waals surface area contributed by atoms with Gasteiger partial charge in [-0.1, -0.05) is 127 Å². The van der Waals surface area contributed by atoms with Gasteiger partial charge in [-0.25, -0.2) is 15.0 Å². The fraction of sp³-hybridized carbons (Fsp3) is 0.0200. The molecule has 55 heavy (non-hydrogen) atoms. The third-order valence-electron chi connectivity index (χ3n) is 11.2. The molecule has 5 heteroatoms. The lowest BCUT2D eigenvalue weighted by atomic mass is 9.93. The number of rotatable bonds is 4. The van der Waals surface area contributed by atoms with Crippen molar-refractivity contribution in [3.05, 3.63) is 181 Å². The number of furan rings is 1. The Labute approximate surface area is 315 Å². The molecule has 8 aromatic carbocycles. The lowest BCUT2D eigenvalue weighted by Gasteiger charge is -2.14. The SMILES string of the molecule is c1ccc(-c2nc(-c3ccccc3)nc(-c3cc4c(c5ccccc35)-c3cc(-n5c6ccccc6c6c7c(ccc65)oc5ccccc57)ccc3C4)n2)cc1. The quantitative estimate of drug-likeness (QED) is 0.183. The molecule has 0 radical (unpaired) electrons. The fourth-order valence-corrected chi connectivity index (χ4v) is 8.85. The number of hydrogen-bond donors (Lipinski definition) is 0. The summed E-state index contributed by atoms with van der Waals surface area (Å²) < 4.78 is 8.76. The molecule has 12 rings (SSSR count). The van der Waals surface area contributed by atoms with Crippen molar-refractivity contribution in [3.63, 3.8) is 0 Å². The predicted octanol–water partition coefficient (Wildman–Crippen LogP) is 12.6. The summed E-state index contributed by atoms with van der Waals surface area (Å²) in [6.07, 6.45) is 0.833. The van der Waals surface area contributed by atoms with E-state index in [1.165, 1.54) is 43.9 Å². The van der Waals surface area contributed by atoms with Crippen molar-refractivity contribution >= 4 is 54.5 Å². The molecular weight excluding hydrogens is 673 g/mol. The molecule has 0 saturated heterocycles. The number of aromatic nitrogens is 4. The Morgan fingerprint density at radius 2 is 1.05 bits per heavy atom. The van der Waals surface area contributed by atoms with Crippen LogP contribution in [0.1, 0.15) is 11.1 Å². The van der Waals surface area contributed by atoms with E-state index < -0.39 is 0 Å². The summed E-state index contributed by atoms with van der Waals surface area (Å²) in [6.45, 7) is 0. The number of fused-ring (bicyclic) bond motifs is 12. The molecule has 0 aliphatic heterocycles. The van der Waals surface area contributed by atoms with Gasteiger partial charge in [-0.3, -0.25) is 0 Å². The van der Waals surface area contributed by atoms with Crippen molar-refractivity contribution in [3.8, 4) is 51.0 Å². The lowest BCUT2D eigenvalue weighted by molar-refractivity contribution is 0.669. The van der Waals surface area contributed by atoms with Gasteiger partial charge in [0.05, 0.1) is 11.0 Å². The molecule has 1 aliphatic rings. The van der Waals surface area contributed by atoms with Gasteiger partial charge in [-0.15, -0.1) is 0 Å². The van der Waals surface area contributed by atoms with Crippen molar-refractivity contribution in [1.29, 1.82) is 0 Å². The van der Waals surface area contributed by atoms with E-state index in [2.05, 4.69) is 132 Å². The number of hydrogen-bond acceptors (Lipinski definition) is 4. The van der Waals surface area contributed by atoms with Crippen molar-refractivity contribution < 1.29 is 4.42 Å². The summed E-state index contributed by atoms with van der Waals surface area (Å²) in [6, 6.07) is 59.8. The van der Waals surface area contributed by atoms with Crippen molar-refractivity contribution in [2.24, 2.45) is 0 Å². The highest BCUT2D eigenvalue weighted by molar-refractivity contribution is 6.27. The van der Waals surface area contributed by atoms with Gasteiger partial charge in [0.25, 0.3) is 0 Å². The second-order valence-electron chi connectivity index (χ2n) is 14.3. The van der Waals surface area contributed by atoms with Gasteiger partial charge >= 0.3 is 0 Å². The predicted molar refractivity (Wildman–Crippen MR) is 223 cm³/mol. The zero-order valence-electron chi connectivity index (χ0n) is 29.6. The molecule has 5 nitrogen and oxygen atoms in total. The van der Waals surface area contributed by atoms with Crippen molar-refractivity contribution in [1.82, 2.24) is 19.5 Å². The molecule has 0 amide bonds. The van der Waals surface area contributed by atoms with E-state index in [4.69, 9.17) is 19.4 Å². The normalized spacial score (nSPS) is 12.3. The zero-order valence-corrected chi connectivity index (χ0v) is 29.6. The third kappa shape index (κ3) is 4.50. The summed E-state index contributed by atoms with van der Waals surface area (Å²) >= 11 is 0. The average Bonchev–Trinajstić information content (AvgIpc) is 3.93. The first-order valence-corrected chi connectivity index (χ1v) is 18.7. The van der Waals surface area contributed by atoms with Crippen LogP contribution in [0.5, 0.6) is 0 Å². The van der Waals surface area contributed by atoms with Crippen LogP contribution in [-0.4, -0.2) is 19.5 Å². The first-order chi connectivity index (χ1) is 27.3. The van der Waals surface area contributed by atoms with Gasteiger partial charge in [-0.2, -0.15) is 0 Å². The van der Waals surface area contributed by atoms with Crippen molar-refractivity contribution in [2.75, 3.05) is 0 Å². The van der Waals surface area contributed by atoms with E-state index in [0.717, 1.165) is 61.6 Å². The van der Waals surface area contributed by atoms with Gasteiger partial charge in [0.15, 0.2) is 17.5 Å². The van der Waals surface area contributed by atoms with E-state index in [1.54, 1.807) is 0 Å². The summed E-state index contributed by atoms with van der Waals surface area (Å²) in [5.41, 5.74) is 13.4. The molecule has 0 N–H and O–H groups in total. The average molecular weight is 703 g/mol. The molecule has 0 bridgehead atoms. The number of nitrogens with zero attached hydrogens (tertiary/aromatic N) is 4. The Morgan fingerprint density at radius 1 is 0.418 bits per heavy atom. The summed E-state index contributed by atoms with van der Waals surface area (Å²) in [5, 5.41) is 7.06. The van der Waals surface area contributed by atoms with Gasteiger partial charge in [0.1, 0.15) is 11.2 Å². The van der Waals surface area contributed by atoms with Gasteiger partial charge in [-0.05, 0) is 81.9 Å². The van der Waals surface area contributed by atoms with Crippen LogP contribution >= 0.6 is 0 Å². The highest BCUT2D eigenvalue weighted by Gasteiger charge is 2.26. The van der Waals surface area contributed by atoms with Crippen LogP contribution in [-0.2, 0) is 6.42 Å². The summed E-state index contributed by atoms with van der Waals surface area (Å²) in [7, 11) is 0. The van der Waals surface area contributed by atoms with E-state index in [1.807, 2.05) is 42.5 Å². The van der Waals surface area contributed by atoms with Crippen LogP contribution in [0.15, 0.2) is 174 Å². The maximum Gasteiger partial charge on any atom is 0.164 e. The fourth-order valence-electron chi connectivity index (χ4n) is 8.85. The monoisotopic (exact) mass is 702 g/mol. The number of para-hydroxylation sites is 2. The molecule has 0 saturated carbocycles. The van der Waals surface area contributed by atoms with Crippen LogP contribution in [0.3, 0.4) is 0 Å². The summed E-state index contributed by atoms with van der Waals surface area (Å²) in [4.78, 5) is 15.2. The number of benzene rings is 8. The highest BCUT2D eigenvalue weighted by Crippen LogP contribution is 2.47. The molecule has 0 fully saturated rings.